The van der Waals surface area contributed by atoms with Crippen molar-refractivity contribution in [1.82, 2.24) is 9.03 Å². The minimum atomic E-state index is -0.962. The van der Waals surface area contributed by atoms with Gasteiger partial charge in [0.25, 0.3) is 0 Å². The highest BCUT2D eigenvalue weighted by atomic mass is 32.2. The van der Waals surface area contributed by atoms with Crippen molar-refractivity contribution in [1.29, 1.82) is 0 Å². The lowest BCUT2D eigenvalue weighted by Crippen LogP contribution is -2.21. The molecule has 1 aromatic carbocycles. The van der Waals surface area contributed by atoms with E-state index in [-0.39, 0.29) is 0 Å². The molecule has 0 aliphatic rings. The lowest BCUT2D eigenvalue weighted by molar-refractivity contribution is 0.180. The molecule has 0 spiro atoms. The fourth-order valence-electron chi connectivity index (χ4n) is 0.847. The molecule has 0 fully saturated rings. The molecule has 14 heavy (non-hydrogen) atoms. The molecule has 2 N–H and O–H groups in total. The number of hydrogen-bond acceptors (Lipinski definition) is 3. The van der Waals surface area contributed by atoms with Crippen molar-refractivity contribution < 1.29 is 9.90 Å². The van der Waals surface area contributed by atoms with Gasteiger partial charge < -0.3 is 5.11 Å². The number of hydrogen-bond donors (Lipinski definition) is 2. The molecule has 0 saturated carbocycles. The van der Waals surface area contributed by atoms with Crippen LogP contribution in [0.1, 0.15) is 5.56 Å². The van der Waals surface area contributed by atoms with E-state index in [0.717, 1.165) is 22.0 Å². The Morgan fingerprint density at radius 3 is 2.71 bits per heavy atom. The molecule has 0 bridgehead atoms. The Balaban J connectivity index is 2.26. The van der Waals surface area contributed by atoms with Crippen molar-refractivity contribution >= 4 is 18.2 Å². The largest absolute Gasteiger partial charge is 0.464 e. The van der Waals surface area contributed by atoms with Gasteiger partial charge in [0, 0.05) is 25.7 Å². The predicted octanol–water partition coefficient (Wildman–Crippen LogP) is 1.95. The minimum absolute atomic E-state index is 0.642. The van der Waals surface area contributed by atoms with E-state index in [0.29, 0.717) is 6.54 Å². The van der Waals surface area contributed by atoms with E-state index in [2.05, 4.69) is 4.72 Å². The summed E-state index contributed by atoms with van der Waals surface area (Å²) in [6.45, 7) is 0.642. The molecule has 1 amide bonds. The van der Waals surface area contributed by atoms with Crippen LogP contribution in [-0.4, -0.2) is 22.6 Å². The van der Waals surface area contributed by atoms with Crippen LogP contribution in [0.25, 0.3) is 0 Å². The molecule has 0 unspecified atom stereocenters. The smallest absolute Gasteiger partial charge is 0.418 e. The van der Waals surface area contributed by atoms with Gasteiger partial charge in [-0.15, -0.1) is 0 Å². The van der Waals surface area contributed by atoms with Crippen LogP contribution in [0.2, 0.25) is 0 Å². The zero-order chi connectivity index (χ0) is 10.4. The highest BCUT2D eigenvalue weighted by molar-refractivity contribution is 7.95. The molecule has 0 saturated heterocycles. The highest BCUT2D eigenvalue weighted by Crippen LogP contribution is 2.04. The lowest BCUT2D eigenvalue weighted by atomic mass is 10.2. The Hall–Kier alpha value is -1.20. The molecule has 4 nitrogen and oxygen atoms in total. The van der Waals surface area contributed by atoms with E-state index in [1.165, 1.54) is 7.05 Å². The Bertz CT molecular complexity index is 292. The van der Waals surface area contributed by atoms with Crippen LogP contribution in [0.5, 0.6) is 0 Å². The quantitative estimate of drug-likeness (QED) is 0.749. The number of rotatable bonds is 4. The fraction of sp³-hybridized carbons (Fsp3) is 0.222. The summed E-state index contributed by atoms with van der Waals surface area (Å²) in [4.78, 5) is 10.4. The molecule has 0 aromatic heterocycles. The third-order valence-electron chi connectivity index (χ3n) is 1.59. The second kappa shape index (κ2) is 5.51. The van der Waals surface area contributed by atoms with Gasteiger partial charge in [-0.25, -0.2) is 13.8 Å². The predicted molar refractivity (Wildman–Crippen MR) is 56.7 cm³/mol. The van der Waals surface area contributed by atoms with E-state index < -0.39 is 6.09 Å². The van der Waals surface area contributed by atoms with E-state index >= 15 is 0 Å². The summed E-state index contributed by atoms with van der Waals surface area (Å²) in [5, 5.41) is 8.54. The third-order valence-corrected chi connectivity index (χ3v) is 2.29. The molecule has 0 atom stereocenters. The third kappa shape index (κ3) is 3.68. The molecule has 0 radical (unpaired) electrons. The molecule has 76 valence electrons. The molecule has 1 aromatic rings. The standard InChI is InChI=1S/C9H12N2O2S/c1-11(9(12)13)14-10-7-8-5-3-2-4-6-8/h2-6,10H,7H2,1H3,(H,12,13). The number of nitrogens with zero attached hydrogens (tertiary/aromatic N) is 1. The molecule has 1 rings (SSSR count). The Morgan fingerprint density at radius 1 is 1.50 bits per heavy atom. The maximum Gasteiger partial charge on any atom is 0.418 e. The van der Waals surface area contributed by atoms with Gasteiger partial charge in [0.2, 0.25) is 0 Å². The van der Waals surface area contributed by atoms with Gasteiger partial charge in [-0.2, -0.15) is 0 Å². The second-order valence-electron chi connectivity index (χ2n) is 2.68. The zero-order valence-corrected chi connectivity index (χ0v) is 8.62. The molecule has 5 heteroatoms. The monoisotopic (exact) mass is 212 g/mol. The van der Waals surface area contributed by atoms with Crippen molar-refractivity contribution in [3.8, 4) is 0 Å². The molecular formula is C9H12N2O2S. The normalized spacial score (nSPS) is 9.79. The number of benzene rings is 1. The van der Waals surface area contributed by atoms with Crippen LogP contribution in [-0.2, 0) is 6.54 Å². The van der Waals surface area contributed by atoms with Gasteiger partial charge in [0.1, 0.15) is 0 Å². The summed E-state index contributed by atoms with van der Waals surface area (Å²) in [5.41, 5.74) is 1.12. The minimum Gasteiger partial charge on any atom is -0.464 e. The Morgan fingerprint density at radius 2 is 2.14 bits per heavy atom. The van der Waals surface area contributed by atoms with Crippen molar-refractivity contribution in [3.63, 3.8) is 0 Å². The van der Waals surface area contributed by atoms with E-state index in [1.54, 1.807) is 0 Å². The summed E-state index contributed by atoms with van der Waals surface area (Å²) in [5.74, 6) is 0. The summed E-state index contributed by atoms with van der Waals surface area (Å²) in [7, 11) is 1.49. The van der Waals surface area contributed by atoms with Crippen LogP contribution < -0.4 is 4.72 Å². The van der Waals surface area contributed by atoms with Crippen molar-refractivity contribution in [3.05, 3.63) is 35.9 Å². The SMILES string of the molecule is CN(SNCc1ccccc1)C(=O)O. The van der Waals surface area contributed by atoms with E-state index in [9.17, 15) is 4.79 Å². The summed E-state index contributed by atoms with van der Waals surface area (Å²) in [6, 6.07) is 9.80. The average molecular weight is 212 g/mol. The second-order valence-corrected chi connectivity index (χ2v) is 3.70. The van der Waals surface area contributed by atoms with Crippen LogP contribution >= 0.6 is 12.1 Å². The molecular weight excluding hydrogens is 200 g/mol. The van der Waals surface area contributed by atoms with Crippen LogP contribution in [0.15, 0.2) is 30.3 Å². The van der Waals surface area contributed by atoms with Gasteiger partial charge in [-0.3, -0.25) is 0 Å². The summed E-state index contributed by atoms with van der Waals surface area (Å²) in [6.07, 6.45) is -0.962. The van der Waals surface area contributed by atoms with Crippen molar-refractivity contribution in [2.24, 2.45) is 0 Å². The Labute approximate surface area is 87.2 Å². The Kier molecular flexibility index (Phi) is 4.28. The topological polar surface area (TPSA) is 52.6 Å². The van der Waals surface area contributed by atoms with Crippen molar-refractivity contribution in [2.45, 2.75) is 6.54 Å². The first-order chi connectivity index (χ1) is 6.70. The van der Waals surface area contributed by atoms with Gasteiger partial charge >= 0.3 is 6.09 Å². The lowest BCUT2D eigenvalue weighted by Gasteiger charge is -2.11. The van der Waals surface area contributed by atoms with Gasteiger partial charge in [0.05, 0.1) is 0 Å². The zero-order valence-electron chi connectivity index (χ0n) is 7.80. The summed E-state index contributed by atoms with van der Waals surface area (Å²) < 4.78 is 4.06. The van der Waals surface area contributed by atoms with Crippen LogP contribution in [0, 0.1) is 0 Å². The maximum absolute atomic E-state index is 10.4. The van der Waals surface area contributed by atoms with E-state index in [4.69, 9.17) is 5.11 Å². The molecule has 0 aliphatic carbocycles. The van der Waals surface area contributed by atoms with Crippen molar-refractivity contribution in [2.75, 3.05) is 7.05 Å². The highest BCUT2D eigenvalue weighted by Gasteiger charge is 2.04. The first kappa shape index (κ1) is 10.9. The van der Waals surface area contributed by atoms with Crippen LogP contribution in [0.4, 0.5) is 4.79 Å². The maximum atomic E-state index is 10.4. The first-order valence-electron chi connectivity index (χ1n) is 4.10. The number of amides is 1. The molecule has 0 heterocycles. The van der Waals surface area contributed by atoms with Gasteiger partial charge in [0.15, 0.2) is 0 Å². The fourth-order valence-corrected chi connectivity index (χ4v) is 1.35. The van der Waals surface area contributed by atoms with E-state index in [1.807, 2.05) is 30.3 Å². The number of nitrogens with one attached hydrogen (secondary N) is 1. The van der Waals surface area contributed by atoms with Gasteiger partial charge in [-0.05, 0) is 5.56 Å². The first-order valence-corrected chi connectivity index (χ1v) is 4.88. The molecule has 0 aliphatic heterocycles. The summed E-state index contributed by atoms with van der Waals surface area (Å²) >= 11 is 1.06. The van der Waals surface area contributed by atoms with Crippen LogP contribution in [0.3, 0.4) is 0 Å². The number of carbonyl (C=O) groups is 1. The van der Waals surface area contributed by atoms with Gasteiger partial charge in [-0.1, -0.05) is 30.3 Å². The average Bonchev–Trinajstić information content (AvgIpc) is 2.19. The number of carboxylic acid groups (broad SMARTS) is 1.